The number of carbonyl (C=O) groups excluding carboxylic acids is 1. The Kier molecular flexibility index (Phi) is 5.84. The average molecular weight is 514 g/mol. The Morgan fingerprint density at radius 1 is 1.00 bits per heavy atom. The lowest BCUT2D eigenvalue weighted by atomic mass is 9.83. The summed E-state index contributed by atoms with van der Waals surface area (Å²) in [5.41, 5.74) is 12.7. The summed E-state index contributed by atoms with van der Waals surface area (Å²) in [6.07, 6.45) is -0.610. The topological polar surface area (TPSA) is 86.5 Å². The first-order valence-electron chi connectivity index (χ1n) is 12.4. The van der Waals surface area contributed by atoms with Gasteiger partial charge in [0.25, 0.3) is 5.91 Å². The van der Waals surface area contributed by atoms with Gasteiger partial charge in [-0.2, -0.15) is 0 Å². The number of amides is 1. The van der Waals surface area contributed by atoms with E-state index >= 15 is 0 Å². The molecule has 192 valence electrons. The van der Waals surface area contributed by atoms with Crippen LogP contribution in [0.4, 0.5) is 14.6 Å². The molecule has 1 amide bonds. The molecule has 2 unspecified atom stereocenters. The molecule has 0 saturated heterocycles. The Labute approximate surface area is 218 Å². The number of nitrogen functional groups attached to an aromatic ring is 1. The fourth-order valence-electron chi connectivity index (χ4n) is 5.34. The molecule has 0 radical (unpaired) electrons. The minimum absolute atomic E-state index is 0.225. The van der Waals surface area contributed by atoms with E-state index in [4.69, 9.17) is 15.2 Å². The molecule has 2 aliphatic rings. The van der Waals surface area contributed by atoms with Crippen LogP contribution in [0.1, 0.15) is 63.0 Å². The van der Waals surface area contributed by atoms with Gasteiger partial charge in [0.2, 0.25) is 0 Å². The summed E-state index contributed by atoms with van der Waals surface area (Å²) in [6, 6.07) is 16.4. The monoisotopic (exact) mass is 513 g/mol. The number of carbonyl (C=O) groups is 1. The Bertz CT molecular complexity index is 1600. The minimum atomic E-state index is -0.612. The highest BCUT2D eigenvalue weighted by atomic mass is 19.1. The highest BCUT2D eigenvalue weighted by molar-refractivity contribution is 5.94. The molecule has 8 heteroatoms. The van der Waals surface area contributed by atoms with E-state index in [1.54, 1.807) is 12.1 Å². The van der Waals surface area contributed by atoms with Crippen molar-refractivity contribution < 1.29 is 23.0 Å². The number of nitrogens with zero attached hydrogens (tertiary/aromatic N) is 1. The summed E-state index contributed by atoms with van der Waals surface area (Å²) in [6.45, 7) is 4.43. The van der Waals surface area contributed by atoms with Gasteiger partial charge in [-0.15, -0.1) is 0 Å². The predicted molar refractivity (Wildman–Crippen MR) is 139 cm³/mol. The fraction of sp³-hybridized carbons (Fsp3) is 0.200. The van der Waals surface area contributed by atoms with Crippen molar-refractivity contribution in [2.75, 3.05) is 12.3 Å². The van der Waals surface area contributed by atoms with E-state index in [1.165, 1.54) is 12.1 Å². The Balaban J connectivity index is 1.23. The number of hydrogen-bond donors (Lipinski definition) is 2. The van der Waals surface area contributed by atoms with Crippen LogP contribution in [0.25, 0.3) is 11.1 Å². The number of hydrogen-bond acceptors (Lipinski definition) is 5. The van der Waals surface area contributed by atoms with Crippen molar-refractivity contribution in [3.63, 3.8) is 0 Å². The molecular weight excluding hydrogens is 488 g/mol. The summed E-state index contributed by atoms with van der Waals surface area (Å²) < 4.78 is 39.7. The second-order valence-corrected chi connectivity index (χ2v) is 9.43. The number of aryl methyl sites for hydroxylation is 1. The first kappa shape index (κ1) is 24.1. The van der Waals surface area contributed by atoms with Gasteiger partial charge >= 0.3 is 0 Å². The molecule has 1 aromatic heterocycles. The highest BCUT2D eigenvalue weighted by Gasteiger charge is 2.43. The zero-order chi connectivity index (χ0) is 26.6. The molecule has 3 heterocycles. The third-order valence-corrected chi connectivity index (χ3v) is 7.12. The third kappa shape index (κ3) is 3.97. The van der Waals surface area contributed by atoms with Gasteiger partial charge in [0, 0.05) is 41.1 Å². The molecule has 0 fully saturated rings. The molecule has 4 aromatic rings. The molecule has 2 aliphatic heterocycles. The number of nitrogens with two attached hydrogens (primary N) is 1. The Morgan fingerprint density at radius 2 is 1.74 bits per heavy atom. The van der Waals surface area contributed by atoms with E-state index in [9.17, 15) is 13.6 Å². The van der Waals surface area contributed by atoms with Crippen LogP contribution in [-0.2, 0) is 11.3 Å². The van der Waals surface area contributed by atoms with Crippen LogP contribution in [0.15, 0.2) is 60.7 Å². The summed E-state index contributed by atoms with van der Waals surface area (Å²) in [7, 11) is 0. The van der Waals surface area contributed by atoms with Gasteiger partial charge in [0.1, 0.15) is 35.4 Å². The SMILES string of the molecule is CCOc1cc(N)nc(C)c1CNC(=O)c1ccc2c(c1)C1OC2c2cc(-c3ccc(F)cc3F)ccc21. The van der Waals surface area contributed by atoms with Gasteiger partial charge in [0.15, 0.2) is 0 Å². The standard InChI is InChI=1S/C30H25F2N3O3/c1-3-37-26-13-27(33)35-15(2)24(26)14-34-30(36)17-5-8-21-23(11-17)29-20-7-4-16(10-22(20)28(21)38-29)19-9-6-18(31)12-25(19)32/h4-13,28-29H,3,14H2,1-2H3,(H2,33,35)(H,34,36). The molecule has 3 N–H and O–H groups in total. The van der Waals surface area contributed by atoms with Gasteiger partial charge in [0.05, 0.1) is 6.61 Å². The van der Waals surface area contributed by atoms with E-state index in [-0.39, 0.29) is 24.7 Å². The van der Waals surface area contributed by atoms with Gasteiger partial charge < -0.3 is 20.5 Å². The smallest absolute Gasteiger partial charge is 0.251 e. The Morgan fingerprint density at radius 3 is 2.47 bits per heavy atom. The first-order chi connectivity index (χ1) is 18.3. The summed E-state index contributed by atoms with van der Waals surface area (Å²) >= 11 is 0. The third-order valence-electron chi connectivity index (χ3n) is 7.12. The summed E-state index contributed by atoms with van der Waals surface area (Å²) in [5, 5.41) is 2.96. The van der Waals surface area contributed by atoms with Crippen LogP contribution >= 0.6 is 0 Å². The lowest BCUT2D eigenvalue weighted by molar-refractivity contribution is 0.0857. The maximum atomic E-state index is 14.4. The molecule has 0 saturated carbocycles. The van der Waals surface area contributed by atoms with E-state index in [1.807, 2.05) is 44.2 Å². The summed E-state index contributed by atoms with van der Waals surface area (Å²) in [5.74, 6) is -0.475. The first-order valence-corrected chi connectivity index (χ1v) is 12.4. The van der Waals surface area contributed by atoms with Crippen LogP contribution in [-0.4, -0.2) is 17.5 Å². The molecule has 0 aliphatic carbocycles. The van der Waals surface area contributed by atoms with E-state index < -0.39 is 11.6 Å². The van der Waals surface area contributed by atoms with Crippen LogP contribution in [0, 0.1) is 18.6 Å². The second-order valence-electron chi connectivity index (χ2n) is 9.43. The second kappa shape index (κ2) is 9.22. The number of anilines is 1. The zero-order valence-corrected chi connectivity index (χ0v) is 20.8. The quantitative estimate of drug-likeness (QED) is 0.342. The van der Waals surface area contributed by atoms with Crippen molar-refractivity contribution in [1.82, 2.24) is 10.3 Å². The normalized spacial score (nSPS) is 16.7. The number of rotatable bonds is 6. The number of pyridine rings is 1. The van der Waals surface area contributed by atoms with Crippen molar-refractivity contribution >= 4 is 11.7 Å². The van der Waals surface area contributed by atoms with Gasteiger partial charge in [-0.25, -0.2) is 13.8 Å². The predicted octanol–water partition coefficient (Wildman–Crippen LogP) is 5.77. The Hall–Kier alpha value is -4.30. The molecule has 0 spiro atoms. The van der Waals surface area contributed by atoms with Gasteiger partial charge in [-0.3, -0.25) is 4.79 Å². The molecule has 3 aromatic carbocycles. The average Bonchev–Trinajstić information content (AvgIpc) is 3.45. The summed E-state index contributed by atoms with van der Waals surface area (Å²) in [4.78, 5) is 17.4. The van der Waals surface area contributed by atoms with Crippen LogP contribution in [0.3, 0.4) is 0 Å². The number of ether oxygens (including phenoxy) is 2. The number of benzene rings is 3. The fourth-order valence-corrected chi connectivity index (χ4v) is 5.34. The van der Waals surface area contributed by atoms with Crippen molar-refractivity contribution in [2.24, 2.45) is 0 Å². The van der Waals surface area contributed by atoms with E-state index in [0.717, 1.165) is 33.9 Å². The van der Waals surface area contributed by atoms with E-state index in [2.05, 4.69) is 10.3 Å². The maximum absolute atomic E-state index is 14.4. The van der Waals surface area contributed by atoms with Crippen LogP contribution in [0.5, 0.6) is 5.75 Å². The molecular formula is C30H25F2N3O3. The van der Waals surface area contributed by atoms with Crippen molar-refractivity contribution in [3.05, 3.63) is 111 Å². The van der Waals surface area contributed by atoms with Crippen molar-refractivity contribution in [2.45, 2.75) is 32.6 Å². The molecule has 38 heavy (non-hydrogen) atoms. The minimum Gasteiger partial charge on any atom is -0.493 e. The number of halogens is 2. The number of aromatic nitrogens is 1. The number of nitrogens with one attached hydrogen (secondary N) is 1. The molecule has 6 nitrogen and oxygen atoms in total. The van der Waals surface area contributed by atoms with Crippen molar-refractivity contribution in [3.8, 4) is 16.9 Å². The molecule has 6 rings (SSSR count). The van der Waals surface area contributed by atoms with Crippen molar-refractivity contribution in [1.29, 1.82) is 0 Å². The van der Waals surface area contributed by atoms with Crippen LogP contribution < -0.4 is 15.8 Å². The van der Waals surface area contributed by atoms with Gasteiger partial charge in [-0.05, 0) is 72.0 Å². The number of fused-ring (bicyclic) bond motifs is 8. The van der Waals surface area contributed by atoms with E-state index in [0.29, 0.717) is 40.6 Å². The largest absolute Gasteiger partial charge is 0.493 e. The highest BCUT2D eigenvalue weighted by Crippen LogP contribution is 2.54. The molecule has 2 bridgehead atoms. The lowest BCUT2D eigenvalue weighted by Crippen LogP contribution is -2.24. The molecule has 2 atom stereocenters. The maximum Gasteiger partial charge on any atom is 0.251 e. The van der Waals surface area contributed by atoms with Crippen LogP contribution in [0.2, 0.25) is 0 Å². The van der Waals surface area contributed by atoms with Gasteiger partial charge in [-0.1, -0.05) is 18.2 Å². The lowest BCUT2D eigenvalue weighted by Gasteiger charge is -2.18. The zero-order valence-electron chi connectivity index (χ0n) is 20.8.